The molecule has 136 valence electrons. The van der Waals surface area contributed by atoms with Gasteiger partial charge >= 0.3 is 0 Å². The van der Waals surface area contributed by atoms with Gasteiger partial charge in [0.2, 0.25) is 15.9 Å². The van der Waals surface area contributed by atoms with Gasteiger partial charge in [-0.05, 0) is 30.3 Å². The van der Waals surface area contributed by atoms with E-state index in [1.165, 1.54) is 30.3 Å². The fraction of sp³-hybridized carbons (Fsp3) is 0.111. The number of hydrogen-bond acceptors (Lipinski definition) is 4. The molecule has 0 aromatic heterocycles. The number of anilines is 1. The maximum atomic E-state index is 12.2. The molecule has 0 spiro atoms. The smallest absolute Gasteiger partial charge is 0.251 e. The lowest BCUT2D eigenvalue weighted by Gasteiger charge is -2.09. The van der Waals surface area contributed by atoms with Crippen molar-refractivity contribution in [2.24, 2.45) is 0 Å². The van der Waals surface area contributed by atoms with Crippen LogP contribution in [0.15, 0.2) is 72.1 Å². The Kier molecular flexibility index (Phi) is 6.65. The molecule has 0 heterocycles. The molecule has 2 rings (SSSR count). The van der Waals surface area contributed by atoms with Gasteiger partial charge in [0, 0.05) is 17.8 Å². The van der Waals surface area contributed by atoms with E-state index in [1.807, 2.05) is 6.07 Å². The summed E-state index contributed by atoms with van der Waals surface area (Å²) < 4.78 is 26.5. The third-order valence-electron chi connectivity index (χ3n) is 3.29. The number of hydrogen-bond donors (Lipinski definition) is 3. The molecule has 0 unspecified atom stereocenters. The Hall–Kier alpha value is -2.97. The highest BCUT2D eigenvalue weighted by Crippen LogP contribution is 2.11. The number of rotatable bonds is 8. The number of para-hydroxylation sites is 1. The molecule has 8 heteroatoms. The average molecular weight is 373 g/mol. The zero-order valence-corrected chi connectivity index (χ0v) is 14.8. The maximum absolute atomic E-state index is 12.2. The maximum Gasteiger partial charge on any atom is 0.251 e. The number of carbonyl (C=O) groups excluding carboxylic acids is 2. The molecule has 7 nitrogen and oxygen atoms in total. The van der Waals surface area contributed by atoms with Crippen LogP contribution in [0.4, 0.5) is 5.69 Å². The molecule has 0 atom stereocenters. The molecule has 3 N–H and O–H groups in total. The highest BCUT2D eigenvalue weighted by molar-refractivity contribution is 7.89. The number of benzene rings is 2. The van der Waals surface area contributed by atoms with Crippen molar-refractivity contribution in [3.05, 3.63) is 72.8 Å². The van der Waals surface area contributed by atoms with Gasteiger partial charge in [0.05, 0.1) is 11.4 Å². The summed E-state index contributed by atoms with van der Waals surface area (Å²) in [4.78, 5) is 24.0. The summed E-state index contributed by atoms with van der Waals surface area (Å²) in [5.41, 5.74) is 0.757. The number of sulfonamides is 1. The van der Waals surface area contributed by atoms with Crippen LogP contribution >= 0.6 is 0 Å². The molecule has 0 saturated carbocycles. The Balaban J connectivity index is 1.98. The molecule has 2 amide bonds. The predicted octanol–water partition coefficient (Wildman–Crippen LogP) is 1.52. The molecule has 26 heavy (non-hydrogen) atoms. The van der Waals surface area contributed by atoms with Crippen molar-refractivity contribution in [3.63, 3.8) is 0 Å². The summed E-state index contributed by atoms with van der Waals surface area (Å²) in [6.45, 7) is 3.29. The molecule has 0 saturated heterocycles. The molecule has 0 radical (unpaired) electrons. The van der Waals surface area contributed by atoms with Gasteiger partial charge in [-0.3, -0.25) is 9.59 Å². The van der Waals surface area contributed by atoms with Gasteiger partial charge in [0.15, 0.2) is 0 Å². The van der Waals surface area contributed by atoms with Gasteiger partial charge in [-0.1, -0.05) is 30.3 Å². The second-order valence-corrected chi connectivity index (χ2v) is 7.03. The van der Waals surface area contributed by atoms with E-state index in [9.17, 15) is 18.0 Å². The Morgan fingerprint density at radius 1 is 1.04 bits per heavy atom. The zero-order chi connectivity index (χ0) is 19.0. The third-order valence-corrected chi connectivity index (χ3v) is 4.71. The van der Waals surface area contributed by atoms with Gasteiger partial charge in [0.25, 0.3) is 5.91 Å². The number of amides is 2. The largest absolute Gasteiger partial charge is 0.343 e. The predicted molar refractivity (Wildman–Crippen MR) is 99.2 cm³/mol. The lowest BCUT2D eigenvalue weighted by atomic mass is 10.2. The average Bonchev–Trinajstić information content (AvgIpc) is 2.65. The fourth-order valence-electron chi connectivity index (χ4n) is 2.05. The van der Waals surface area contributed by atoms with Crippen molar-refractivity contribution in [2.45, 2.75) is 4.90 Å². The topological polar surface area (TPSA) is 104 Å². The van der Waals surface area contributed by atoms with Crippen molar-refractivity contribution in [2.75, 3.05) is 18.4 Å². The molecular weight excluding hydrogens is 354 g/mol. The van der Waals surface area contributed by atoms with E-state index in [4.69, 9.17) is 0 Å². The minimum absolute atomic E-state index is 0.0410. The molecule has 2 aromatic carbocycles. The minimum Gasteiger partial charge on any atom is -0.343 e. The van der Waals surface area contributed by atoms with Crippen molar-refractivity contribution in [3.8, 4) is 0 Å². The van der Waals surface area contributed by atoms with Crippen molar-refractivity contribution >= 4 is 27.5 Å². The summed E-state index contributed by atoms with van der Waals surface area (Å²) in [5, 5.41) is 5.10. The van der Waals surface area contributed by atoms with Crippen LogP contribution in [0.25, 0.3) is 0 Å². The lowest BCUT2D eigenvalue weighted by Crippen LogP contribution is -2.33. The summed E-state index contributed by atoms with van der Waals surface area (Å²) in [7, 11) is -3.73. The highest BCUT2D eigenvalue weighted by atomic mass is 32.2. The van der Waals surface area contributed by atoms with E-state index in [-0.39, 0.29) is 29.5 Å². The number of carbonyl (C=O) groups is 2. The van der Waals surface area contributed by atoms with Crippen LogP contribution < -0.4 is 15.4 Å². The lowest BCUT2D eigenvalue weighted by molar-refractivity contribution is -0.115. The van der Waals surface area contributed by atoms with Crippen LogP contribution in [-0.2, 0) is 14.8 Å². The van der Waals surface area contributed by atoms with Crippen LogP contribution in [-0.4, -0.2) is 33.3 Å². The Morgan fingerprint density at radius 2 is 1.77 bits per heavy atom. The van der Waals surface area contributed by atoms with Gasteiger partial charge in [-0.15, -0.1) is 6.58 Å². The first-order chi connectivity index (χ1) is 12.4. The highest BCUT2D eigenvalue weighted by Gasteiger charge is 2.15. The van der Waals surface area contributed by atoms with Crippen LogP contribution in [0.5, 0.6) is 0 Å². The third kappa shape index (κ3) is 5.54. The van der Waals surface area contributed by atoms with E-state index in [0.717, 1.165) is 0 Å². The monoisotopic (exact) mass is 373 g/mol. The first-order valence-corrected chi connectivity index (χ1v) is 9.24. The van der Waals surface area contributed by atoms with E-state index >= 15 is 0 Å². The number of nitrogens with one attached hydrogen (secondary N) is 3. The molecule has 0 bridgehead atoms. The molecule has 0 fully saturated rings. The zero-order valence-electron chi connectivity index (χ0n) is 13.9. The summed E-state index contributed by atoms with van der Waals surface area (Å²) in [5.74, 6) is -0.935. The van der Waals surface area contributed by atoms with Crippen LogP contribution in [0.3, 0.4) is 0 Å². The van der Waals surface area contributed by atoms with Gasteiger partial charge < -0.3 is 10.6 Å². The second-order valence-electron chi connectivity index (χ2n) is 5.27. The first-order valence-electron chi connectivity index (χ1n) is 7.76. The van der Waals surface area contributed by atoms with Crippen molar-refractivity contribution in [1.82, 2.24) is 10.0 Å². The van der Waals surface area contributed by atoms with E-state index in [2.05, 4.69) is 21.9 Å². The van der Waals surface area contributed by atoms with Crippen LogP contribution in [0.1, 0.15) is 10.4 Å². The van der Waals surface area contributed by atoms with E-state index in [1.54, 1.807) is 24.3 Å². The van der Waals surface area contributed by atoms with Gasteiger partial charge in [-0.2, -0.15) is 0 Å². The summed E-state index contributed by atoms with van der Waals surface area (Å²) in [6.07, 6.45) is 1.42. The Labute approximate surface area is 152 Å². The normalized spacial score (nSPS) is 10.8. The Bertz CT molecular complexity index is 896. The van der Waals surface area contributed by atoms with Crippen LogP contribution in [0, 0.1) is 0 Å². The standard InChI is InChI=1S/C18H19N3O4S/c1-2-11-20-26(24,25)16-10-6-7-14(12-16)18(23)19-13-17(22)21-15-8-4-3-5-9-15/h2-10,12,20H,1,11,13H2,(H,19,23)(H,21,22). The van der Waals surface area contributed by atoms with Crippen molar-refractivity contribution in [1.29, 1.82) is 0 Å². The quantitative estimate of drug-likeness (QED) is 0.610. The second kappa shape index (κ2) is 8.93. The van der Waals surface area contributed by atoms with Gasteiger partial charge in [-0.25, -0.2) is 13.1 Å². The summed E-state index contributed by atoms with van der Waals surface area (Å²) >= 11 is 0. The van der Waals surface area contributed by atoms with E-state index in [0.29, 0.717) is 5.69 Å². The fourth-order valence-corrected chi connectivity index (χ4v) is 3.09. The molecule has 0 aliphatic heterocycles. The molecule has 0 aliphatic carbocycles. The Morgan fingerprint density at radius 3 is 2.46 bits per heavy atom. The SMILES string of the molecule is C=CCNS(=O)(=O)c1cccc(C(=O)NCC(=O)Nc2ccccc2)c1. The summed E-state index contributed by atoms with van der Waals surface area (Å²) in [6, 6.07) is 14.4. The molecule has 0 aliphatic rings. The minimum atomic E-state index is -3.73. The van der Waals surface area contributed by atoms with Crippen molar-refractivity contribution < 1.29 is 18.0 Å². The molecular formula is C18H19N3O4S. The molecule has 2 aromatic rings. The van der Waals surface area contributed by atoms with E-state index < -0.39 is 15.9 Å². The first kappa shape index (κ1) is 19.4. The van der Waals surface area contributed by atoms with Gasteiger partial charge in [0.1, 0.15) is 0 Å². The van der Waals surface area contributed by atoms with Crippen LogP contribution in [0.2, 0.25) is 0 Å².